The SMILES string of the molecule is NC(=O)c1ccc(N(N=O)c2ccc([N+](=O)[O-])cc2)cc1. The zero-order valence-corrected chi connectivity index (χ0v) is 10.7. The second-order valence-corrected chi connectivity index (χ2v) is 4.08. The number of anilines is 2. The Morgan fingerprint density at radius 1 is 1.05 bits per heavy atom. The van der Waals surface area contributed by atoms with E-state index in [1.807, 2.05) is 0 Å². The molecule has 2 N–H and O–H groups in total. The molecule has 0 aliphatic carbocycles. The second-order valence-electron chi connectivity index (χ2n) is 4.08. The summed E-state index contributed by atoms with van der Waals surface area (Å²) in [6.07, 6.45) is 0. The van der Waals surface area contributed by atoms with Crippen LogP contribution in [0.25, 0.3) is 0 Å². The predicted octanol–water partition coefficient (Wildman–Crippen LogP) is 2.51. The van der Waals surface area contributed by atoms with Crippen molar-refractivity contribution in [1.82, 2.24) is 0 Å². The van der Waals surface area contributed by atoms with E-state index >= 15 is 0 Å². The molecule has 21 heavy (non-hydrogen) atoms. The first-order chi connectivity index (χ1) is 10.0. The number of amides is 1. The molecule has 0 radical (unpaired) electrons. The third kappa shape index (κ3) is 3.00. The number of rotatable bonds is 5. The van der Waals surface area contributed by atoms with Gasteiger partial charge in [-0.1, -0.05) is 0 Å². The second kappa shape index (κ2) is 5.78. The van der Waals surface area contributed by atoms with Gasteiger partial charge in [0.15, 0.2) is 0 Å². The number of nitrogens with zero attached hydrogens (tertiary/aromatic N) is 3. The average Bonchev–Trinajstić information content (AvgIpc) is 2.49. The van der Waals surface area contributed by atoms with Gasteiger partial charge < -0.3 is 5.73 Å². The molecule has 0 heterocycles. The van der Waals surface area contributed by atoms with Gasteiger partial charge in [0, 0.05) is 17.7 Å². The molecule has 0 unspecified atom stereocenters. The van der Waals surface area contributed by atoms with Crippen molar-refractivity contribution in [2.24, 2.45) is 11.0 Å². The van der Waals surface area contributed by atoms with Gasteiger partial charge in [0.2, 0.25) is 5.91 Å². The van der Waals surface area contributed by atoms with E-state index in [0.29, 0.717) is 16.9 Å². The Hall–Kier alpha value is -3.29. The molecular weight excluding hydrogens is 276 g/mol. The molecule has 0 fully saturated rings. The number of hydrogen-bond donors (Lipinski definition) is 1. The van der Waals surface area contributed by atoms with E-state index in [0.717, 1.165) is 5.01 Å². The third-order valence-electron chi connectivity index (χ3n) is 2.78. The summed E-state index contributed by atoms with van der Waals surface area (Å²) in [7, 11) is 0. The van der Waals surface area contributed by atoms with E-state index in [2.05, 4.69) is 5.29 Å². The number of non-ortho nitro benzene ring substituents is 1. The molecule has 1 amide bonds. The Balaban J connectivity index is 2.32. The summed E-state index contributed by atoms with van der Waals surface area (Å²) in [6.45, 7) is 0. The number of benzene rings is 2. The number of carbonyl (C=O) groups is 1. The van der Waals surface area contributed by atoms with Crippen molar-refractivity contribution in [2.45, 2.75) is 0 Å². The lowest BCUT2D eigenvalue weighted by Crippen LogP contribution is -2.12. The Morgan fingerprint density at radius 3 is 1.90 bits per heavy atom. The fourth-order valence-electron chi connectivity index (χ4n) is 1.73. The Bertz CT molecular complexity index is 625. The number of nitrogens with two attached hydrogens (primary N) is 1. The van der Waals surface area contributed by atoms with Crippen molar-refractivity contribution < 1.29 is 9.72 Å². The highest BCUT2D eigenvalue weighted by Gasteiger charge is 2.12. The van der Waals surface area contributed by atoms with Gasteiger partial charge in [-0.05, 0) is 36.4 Å². The molecule has 2 rings (SSSR count). The van der Waals surface area contributed by atoms with Gasteiger partial charge in [-0.25, -0.2) is 0 Å². The lowest BCUT2D eigenvalue weighted by atomic mass is 10.2. The maximum absolute atomic E-state index is 11.0. The van der Waals surface area contributed by atoms with Crippen LogP contribution in [0.15, 0.2) is 53.8 Å². The minimum atomic E-state index is -0.581. The van der Waals surface area contributed by atoms with Gasteiger partial charge in [0.05, 0.1) is 21.6 Å². The molecule has 0 bridgehead atoms. The number of hydrogen-bond acceptors (Lipinski definition) is 5. The highest BCUT2D eigenvalue weighted by atomic mass is 16.6. The van der Waals surface area contributed by atoms with E-state index in [4.69, 9.17) is 5.73 Å². The van der Waals surface area contributed by atoms with E-state index in [9.17, 15) is 19.8 Å². The first kappa shape index (κ1) is 14.1. The van der Waals surface area contributed by atoms with Gasteiger partial charge in [0.1, 0.15) is 0 Å². The minimum Gasteiger partial charge on any atom is -0.366 e. The van der Waals surface area contributed by atoms with E-state index in [1.165, 1.54) is 48.5 Å². The molecule has 0 spiro atoms. The first-order valence-corrected chi connectivity index (χ1v) is 5.80. The van der Waals surface area contributed by atoms with Crippen LogP contribution >= 0.6 is 0 Å². The van der Waals surface area contributed by atoms with Crippen LogP contribution in [0.1, 0.15) is 10.4 Å². The maximum atomic E-state index is 11.0. The largest absolute Gasteiger partial charge is 0.366 e. The molecule has 0 saturated heterocycles. The van der Waals surface area contributed by atoms with Gasteiger partial charge in [-0.3, -0.25) is 14.9 Å². The van der Waals surface area contributed by atoms with Crippen LogP contribution in [0.2, 0.25) is 0 Å². The molecule has 2 aromatic rings. The van der Waals surface area contributed by atoms with E-state index in [-0.39, 0.29) is 5.69 Å². The number of primary amides is 1. The van der Waals surface area contributed by atoms with Gasteiger partial charge in [-0.15, -0.1) is 4.91 Å². The number of nitroso groups, excluding NO2 is 1. The highest BCUT2D eigenvalue weighted by Crippen LogP contribution is 2.27. The zero-order chi connectivity index (χ0) is 15.4. The van der Waals surface area contributed by atoms with Crippen LogP contribution in [0.3, 0.4) is 0 Å². The topological polar surface area (TPSA) is 119 Å². The number of carbonyl (C=O) groups excluding carboxylic acids is 1. The normalized spacial score (nSPS) is 9.90. The lowest BCUT2D eigenvalue weighted by Gasteiger charge is -2.15. The summed E-state index contributed by atoms with van der Waals surface area (Å²) in [5.41, 5.74) is 6.11. The summed E-state index contributed by atoms with van der Waals surface area (Å²) in [5.74, 6) is -0.581. The molecule has 0 atom stereocenters. The highest BCUT2D eigenvalue weighted by molar-refractivity contribution is 5.93. The summed E-state index contributed by atoms with van der Waals surface area (Å²) in [4.78, 5) is 32.0. The zero-order valence-electron chi connectivity index (χ0n) is 10.7. The lowest BCUT2D eigenvalue weighted by molar-refractivity contribution is -0.384. The predicted molar refractivity (Wildman–Crippen MR) is 76.0 cm³/mol. The molecule has 8 nitrogen and oxygen atoms in total. The van der Waals surface area contributed by atoms with E-state index < -0.39 is 10.8 Å². The monoisotopic (exact) mass is 286 g/mol. The van der Waals surface area contributed by atoms with Crippen molar-refractivity contribution in [2.75, 3.05) is 5.01 Å². The Kier molecular flexibility index (Phi) is 3.89. The van der Waals surface area contributed by atoms with Crippen molar-refractivity contribution in [3.63, 3.8) is 0 Å². The molecule has 0 saturated carbocycles. The molecular formula is C13H10N4O4. The standard InChI is InChI=1S/C13H10N4O4/c14-13(18)9-1-3-10(4-2-9)16(15-19)11-5-7-12(8-6-11)17(20)21/h1-8H,(H2,14,18). The average molecular weight is 286 g/mol. The first-order valence-electron chi connectivity index (χ1n) is 5.80. The fraction of sp³-hybridized carbons (Fsp3) is 0. The third-order valence-corrected chi connectivity index (χ3v) is 2.78. The molecule has 0 aromatic heterocycles. The fourth-order valence-corrected chi connectivity index (χ4v) is 1.73. The molecule has 8 heteroatoms. The van der Waals surface area contributed by atoms with Crippen LogP contribution in [-0.2, 0) is 0 Å². The molecule has 2 aromatic carbocycles. The summed E-state index contributed by atoms with van der Waals surface area (Å²) in [6, 6.07) is 11.3. The van der Waals surface area contributed by atoms with Crippen LogP contribution in [0.5, 0.6) is 0 Å². The Morgan fingerprint density at radius 2 is 1.52 bits per heavy atom. The smallest absolute Gasteiger partial charge is 0.269 e. The van der Waals surface area contributed by atoms with Crippen LogP contribution in [0.4, 0.5) is 17.1 Å². The van der Waals surface area contributed by atoms with Crippen LogP contribution in [-0.4, -0.2) is 10.8 Å². The van der Waals surface area contributed by atoms with Crippen molar-refractivity contribution in [3.8, 4) is 0 Å². The minimum absolute atomic E-state index is 0.0892. The maximum Gasteiger partial charge on any atom is 0.269 e. The molecule has 106 valence electrons. The van der Waals surface area contributed by atoms with Crippen LogP contribution < -0.4 is 10.7 Å². The summed E-state index contributed by atoms with van der Waals surface area (Å²) < 4.78 is 0. The van der Waals surface area contributed by atoms with Gasteiger partial charge >= 0.3 is 0 Å². The molecule has 0 aliphatic heterocycles. The van der Waals surface area contributed by atoms with Crippen molar-refractivity contribution >= 4 is 23.0 Å². The number of nitro benzene ring substituents is 1. The molecule has 0 aliphatic rings. The van der Waals surface area contributed by atoms with E-state index in [1.54, 1.807) is 0 Å². The van der Waals surface area contributed by atoms with Crippen LogP contribution in [0, 0.1) is 15.0 Å². The van der Waals surface area contributed by atoms with Gasteiger partial charge in [0.25, 0.3) is 5.69 Å². The number of nitro groups is 1. The summed E-state index contributed by atoms with van der Waals surface area (Å²) >= 11 is 0. The quantitative estimate of drug-likeness (QED) is 0.514. The summed E-state index contributed by atoms with van der Waals surface area (Å²) in [5, 5.41) is 14.5. The van der Waals surface area contributed by atoms with Gasteiger partial charge in [-0.2, -0.15) is 5.01 Å². The van der Waals surface area contributed by atoms with Crippen molar-refractivity contribution in [1.29, 1.82) is 0 Å². The Labute approximate surface area is 118 Å². The van der Waals surface area contributed by atoms with Crippen molar-refractivity contribution in [3.05, 3.63) is 69.1 Å².